The van der Waals surface area contributed by atoms with E-state index < -0.39 is 4.92 Å². The van der Waals surface area contributed by atoms with Crippen LogP contribution in [0.4, 0.5) is 34.4 Å². The van der Waals surface area contributed by atoms with Crippen molar-refractivity contribution < 1.29 is 38.6 Å². The van der Waals surface area contributed by atoms with Crippen molar-refractivity contribution in [3.8, 4) is 23.0 Å². The van der Waals surface area contributed by atoms with Gasteiger partial charge in [-0.15, -0.1) is 0 Å². The maximum atomic E-state index is 12.1. The summed E-state index contributed by atoms with van der Waals surface area (Å²) in [5.41, 5.74) is 7.67. The Morgan fingerprint density at radius 1 is 0.772 bits per heavy atom. The molecule has 2 aromatic carbocycles. The number of nitrogens with one attached hydrogen (secondary N) is 4. The van der Waals surface area contributed by atoms with Gasteiger partial charge < -0.3 is 51.1 Å². The predicted octanol–water partition coefficient (Wildman–Crippen LogP) is 3.86. The number of pyridine rings is 2. The van der Waals surface area contributed by atoms with Crippen molar-refractivity contribution in [2.24, 2.45) is 0 Å². The van der Waals surface area contributed by atoms with Crippen molar-refractivity contribution in [1.82, 2.24) is 19.8 Å². The molecule has 4 heterocycles. The first-order valence-electron chi connectivity index (χ1n) is 18.0. The zero-order valence-electron chi connectivity index (χ0n) is 32.6. The van der Waals surface area contributed by atoms with E-state index in [2.05, 4.69) is 31.2 Å². The Labute approximate surface area is 330 Å². The van der Waals surface area contributed by atoms with E-state index in [0.717, 1.165) is 31.9 Å². The van der Waals surface area contributed by atoms with E-state index in [4.69, 9.17) is 29.8 Å². The van der Waals surface area contributed by atoms with Gasteiger partial charge in [0.05, 0.1) is 47.7 Å². The standard InChI is InChI=1S/C18H21N5O5.C18H23N5O3.C2H6O/c1-19-15-4-3-12(7-16(15)23(25)26)28-13-5-6-20-17(8-13)21-18(24)11-22-9-14(10-22)27-2;1-20-16-4-3-12(7-15(16)19)26-13-5-6-21-17(8-13)22-18(24)11-23-9-14(10-23)25-2;1-2-3/h3-8,14,19H,9-11H2,1-2H3,(H,20,21,24);3-8,14,20H,9-11,19H2,1-2H3,(H,21,22,24);3H,2H2,1H3. The van der Waals surface area contributed by atoms with Crippen LogP contribution in [-0.2, 0) is 19.1 Å². The Kier molecular flexibility index (Phi) is 16.7. The Hall–Kier alpha value is -6.12. The van der Waals surface area contributed by atoms with E-state index in [1.165, 1.54) is 12.3 Å². The van der Waals surface area contributed by atoms with Gasteiger partial charge in [0.1, 0.15) is 40.3 Å². The Bertz CT molecular complexity index is 1940. The molecule has 2 saturated heterocycles. The average molecular weight is 791 g/mol. The van der Waals surface area contributed by atoms with Crippen molar-refractivity contribution in [1.29, 1.82) is 0 Å². The molecule has 0 bridgehead atoms. The second kappa shape index (κ2) is 21.8. The van der Waals surface area contributed by atoms with E-state index in [0.29, 0.717) is 52.6 Å². The monoisotopic (exact) mass is 790 g/mol. The van der Waals surface area contributed by atoms with Crippen LogP contribution in [-0.4, -0.2) is 128 Å². The number of methoxy groups -OCH3 is 2. The molecule has 0 unspecified atom stereocenters. The third-order valence-electron chi connectivity index (χ3n) is 8.45. The molecule has 2 aliphatic heterocycles. The summed E-state index contributed by atoms with van der Waals surface area (Å²) in [6.07, 6.45) is 3.48. The fourth-order valence-corrected chi connectivity index (χ4v) is 5.50. The number of aromatic nitrogens is 2. The molecule has 0 spiro atoms. The molecule has 0 saturated carbocycles. The van der Waals surface area contributed by atoms with Crippen LogP contribution in [0.2, 0.25) is 0 Å². The third-order valence-corrected chi connectivity index (χ3v) is 8.45. The van der Waals surface area contributed by atoms with Crippen molar-refractivity contribution in [2.75, 3.05) is 101 Å². The lowest BCUT2D eigenvalue weighted by Gasteiger charge is -2.37. The molecule has 2 fully saturated rings. The van der Waals surface area contributed by atoms with Crippen molar-refractivity contribution in [2.45, 2.75) is 19.1 Å². The highest BCUT2D eigenvalue weighted by molar-refractivity contribution is 5.92. The number of amides is 2. The summed E-state index contributed by atoms with van der Waals surface area (Å²) in [6.45, 7) is 5.48. The minimum absolute atomic E-state index is 0.0912. The normalized spacial score (nSPS) is 13.9. The lowest BCUT2D eigenvalue weighted by Crippen LogP contribution is -2.54. The minimum atomic E-state index is -0.485. The average Bonchev–Trinajstić information content (AvgIpc) is 3.15. The quantitative estimate of drug-likeness (QED) is 0.0569. The van der Waals surface area contributed by atoms with E-state index in [-0.39, 0.29) is 42.9 Å². The Balaban J connectivity index is 0.000000237. The summed E-state index contributed by atoms with van der Waals surface area (Å²) in [5.74, 6) is 2.36. The number of nitrogen functional groups attached to an aromatic ring is 1. The molecule has 19 heteroatoms. The molecule has 19 nitrogen and oxygen atoms in total. The molecule has 306 valence electrons. The maximum Gasteiger partial charge on any atom is 0.296 e. The first kappa shape index (κ1) is 43.6. The highest BCUT2D eigenvalue weighted by Gasteiger charge is 2.29. The molecule has 0 aliphatic carbocycles. The van der Waals surface area contributed by atoms with Crippen molar-refractivity contribution in [3.05, 3.63) is 83.2 Å². The third kappa shape index (κ3) is 13.5. The molecular weight excluding hydrogens is 740 g/mol. The number of ether oxygens (including phenoxy) is 4. The van der Waals surface area contributed by atoms with E-state index in [1.807, 2.05) is 21.9 Å². The number of aliphatic hydroxyl groups excluding tert-OH is 1. The molecular formula is C38H50N10O9. The van der Waals surface area contributed by atoms with Crippen LogP contribution >= 0.6 is 0 Å². The van der Waals surface area contributed by atoms with Gasteiger partial charge in [0.25, 0.3) is 5.69 Å². The summed E-state index contributed by atoms with van der Waals surface area (Å²) in [6, 6.07) is 16.5. The lowest BCUT2D eigenvalue weighted by atomic mass is 10.2. The number of carbonyl (C=O) groups is 2. The van der Waals surface area contributed by atoms with Crippen LogP contribution in [0.5, 0.6) is 23.0 Å². The number of benzene rings is 2. The highest BCUT2D eigenvalue weighted by atomic mass is 16.6. The fourth-order valence-electron chi connectivity index (χ4n) is 5.50. The number of hydrogen-bond acceptors (Lipinski definition) is 16. The SMILES string of the molecule is CCO.CNc1ccc(Oc2ccnc(NC(=O)CN3CC(OC)C3)c2)cc1N.CNc1ccc(Oc2ccnc(NC(=O)CN3CC(OC)C3)c2)cc1[N+](=O)[O-]. The van der Waals surface area contributed by atoms with Crippen LogP contribution in [0.15, 0.2) is 73.1 Å². The number of carbonyl (C=O) groups excluding carboxylic acids is 2. The molecule has 2 aliphatic rings. The minimum Gasteiger partial charge on any atom is -0.457 e. The van der Waals surface area contributed by atoms with E-state index in [9.17, 15) is 19.7 Å². The zero-order chi connectivity index (χ0) is 41.3. The number of aliphatic hydroxyl groups is 1. The number of nitrogens with two attached hydrogens (primary N) is 1. The van der Waals surface area contributed by atoms with E-state index >= 15 is 0 Å². The molecule has 6 rings (SSSR count). The first-order chi connectivity index (χ1) is 27.5. The van der Waals surface area contributed by atoms with Gasteiger partial charge in [-0.3, -0.25) is 29.5 Å². The summed E-state index contributed by atoms with van der Waals surface area (Å²) >= 11 is 0. The molecule has 4 aromatic rings. The summed E-state index contributed by atoms with van der Waals surface area (Å²) < 4.78 is 21.9. The van der Waals surface area contributed by atoms with E-state index in [1.54, 1.807) is 83.9 Å². The fraction of sp³-hybridized carbons (Fsp3) is 0.368. The van der Waals surface area contributed by atoms with Gasteiger partial charge in [0, 0.05) is 91.7 Å². The number of nitro groups is 1. The number of nitro benzene ring substituents is 1. The maximum absolute atomic E-state index is 12.1. The Morgan fingerprint density at radius 2 is 1.19 bits per heavy atom. The summed E-state index contributed by atoms with van der Waals surface area (Å²) in [7, 11) is 6.74. The second-order valence-corrected chi connectivity index (χ2v) is 12.7. The van der Waals surface area contributed by atoms with Gasteiger partial charge in [-0.1, -0.05) is 0 Å². The van der Waals surface area contributed by atoms with Crippen molar-refractivity contribution >= 4 is 46.2 Å². The summed E-state index contributed by atoms with van der Waals surface area (Å²) in [5, 5.41) is 30.0. The highest BCUT2D eigenvalue weighted by Crippen LogP contribution is 2.32. The molecule has 57 heavy (non-hydrogen) atoms. The smallest absolute Gasteiger partial charge is 0.296 e. The predicted molar refractivity (Wildman–Crippen MR) is 216 cm³/mol. The van der Waals surface area contributed by atoms with Gasteiger partial charge >= 0.3 is 0 Å². The second-order valence-electron chi connectivity index (χ2n) is 12.7. The van der Waals surface area contributed by atoms with Crippen LogP contribution in [0, 0.1) is 10.1 Å². The molecule has 0 radical (unpaired) electrons. The number of hydrogen-bond donors (Lipinski definition) is 6. The first-order valence-corrected chi connectivity index (χ1v) is 18.0. The molecule has 2 amide bonds. The number of likely N-dealkylation sites (tertiary alicyclic amines) is 2. The van der Waals surface area contributed by atoms with Gasteiger partial charge in [0.2, 0.25) is 11.8 Å². The van der Waals surface area contributed by atoms with Crippen LogP contribution in [0.25, 0.3) is 0 Å². The Morgan fingerprint density at radius 3 is 1.60 bits per heavy atom. The lowest BCUT2D eigenvalue weighted by molar-refractivity contribution is -0.384. The van der Waals surface area contributed by atoms with Gasteiger partial charge in [-0.05, 0) is 43.3 Å². The number of anilines is 5. The zero-order valence-corrected chi connectivity index (χ0v) is 32.6. The molecule has 0 atom stereocenters. The number of rotatable bonds is 15. The van der Waals surface area contributed by atoms with Crippen LogP contribution < -0.4 is 36.5 Å². The van der Waals surface area contributed by atoms with Crippen molar-refractivity contribution in [3.63, 3.8) is 0 Å². The molecule has 7 N–H and O–H groups in total. The van der Waals surface area contributed by atoms with Crippen LogP contribution in [0.3, 0.4) is 0 Å². The van der Waals surface area contributed by atoms with Gasteiger partial charge in [-0.2, -0.15) is 0 Å². The summed E-state index contributed by atoms with van der Waals surface area (Å²) in [4.78, 5) is 47.1. The van der Waals surface area contributed by atoms with Crippen LogP contribution in [0.1, 0.15) is 6.92 Å². The van der Waals surface area contributed by atoms with Gasteiger partial charge in [-0.25, -0.2) is 9.97 Å². The van der Waals surface area contributed by atoms with Gasteiger partial charge in [0.15, 0.2) is 0 Å². The topological polar surface area (TPSA) is 241 Å². The number of nitrogens with zero attached hydrogens (tertiary/aromatic N) is 5. The molecule has 2 aromatic heterocycles. The largest absolute Gasteiger partial charge is 0.457 e.